The highest BCUT2D eigenvalue weighted by atomic mass is 16.5. The van der Waals surface area contributed by atoms with Crippen LogP contribution >= 0.6 is 0 Å². The Kier molecular flexibility index (Phi) is 3.87. The predicted octanol–water partition coefficient (Wildman–Crippen LogP) is 1.73. The molecule has 112 valence electrons. The highest BCUT2D eigenvalue weighted by Gasteiger charge is 2.32. The molecule has 1 heterocycles. The maximum Gasteiger partial charge on any atom is 0.492 e. The molecule has 0 saturated heterocycles. The SMILES string of the molecule is COc1ccc(C(=O)Nc2ccc3c(c2)B(O)OC3C)cc1. The summed E-state index contributed by atoms with van der Waals surface area (Å²) in [5, 5.41) is 12.7. The quantitative estimate of drug-likeness (QED) is 0.847. The van der Waals surface area contributed by atoms with Gasteiger partial charge in [0.2, 0.25) is 0 Å². The molecule has 1 unspecified atom stereocenters. The zero-order valence-electron chi connectivity index (χ0n) is 12.4. The number of benzene rings is 2. The number of hydrogen-bond donors (Lipinski definition) is 2. The zero-order valence-corrected chi connectivity index (χ0v) is 12.4. The van der Waals surface area contributed by atoms with Gasteiger partial charge in [0, 0.05) is 11.3 Å². The third kappa shape index (κ3) is 2.71. The van der Waals surface area contributed by atoms with Crippen LogP contribution in [0.2, 0.25) is 0 Å². The Balaban J connectivity index is 1.78. The van der Waals surface area contributed by atoms with Crippen LogP contribution in [-0.2, 0) is 4.65 Å². The Bertz CT molecular complexity index is 702. The van der Waals surface area contributed by atoms with Gasteiger partial charge in [0.25, 0.3) is 5.91 Å². The third-order valence-corrected chi connectivity index (χ3v) is 3.73. The predicted molar refractivity (Wildman–Crippen MR) is 84.5 cm³/mol. The number of amides is 1. The fourth-order valence-electron chi connectivity index (χ4n) is 2.52. The van der Waals surface area contributed by atoms with Crippen molar-refractivity contribution < 1.29 is 19.2 Å². The normalized spacial score (nSPS) is 16.3. The number of ether oxygens (including phenoxy) is 1. The topological polar surface area (TPSA) is 67.8 Å². The second-order valence-corrected chi connectivity index (χ2v) is 5.16. The van der Waals surface area contributed by atoms with Crippen molar-refractivity contribution in [1.82, 2.24) is 0 Å². The molecule has 2 aromatic rings. The van der Waals surface area contributed by atoms with Crippen LogP contribution in [-0.4, -0.2) is 25.2 Å². The van der Waals surface area contributed by atoms with Gasteiger partial charge in [0.15, 0.2) is 0 Å². The van der Waals surface area contributed by atoms with Crippen LogP contribution in [0.15, 0.2) is 42.5 Å². The fourth-order valence-corrected chi connectivity index (χ4v) is 2.52. The fraction of sp³-hybridized carbons (Fsp3) is 0.188. The number of hydrogen-bond acceptors (Lipinski definition) is 4. The van der Waals surface area contributed by atoms with E-state index in [0.29, 0.717) is 22.5 Å². The van der Waals surface area contributed by atoms with E-state index in [1.165, 1.54) is 0 Å². The van der Waals surface area contributed by atoms with Crippen LogP contribution in [0.4, 0.5) is 5.69 Å². The van der Waals surface area contributed by atoms with Crippen LogP contribution in [0.1, 0.15) is 28.9 Å². The van der Waals surface area contributed by atoms with Gasteiger partial charge in [-0.15, -0.1) is 0 Å². The van der Waals surface area contributed by atoms with E-state index >= 15 is 0 Å². The molecule has 2 aromatic carbocycles. The summed E-state index contributed by atoms with van der Waals surface area (Å²) in [6.07, 6.45) is -0.142. The average Bonchev–Trinajstić information content (AvgIpc) is 2.81. The summed E-state index contributed by atoms with van der Waals surface area (Å²) in [7, 11) is 0.636. The van der Waals surface area contributed by atoms with E-state index in [2.05, 4.69) is 5.32 Å². The molecule has 1 atom stereocenters. The Hall–Kier alpha value is -2.31. The second-order valence-electron chi connectivity index (χ2n) is 5.16. The molecule has 0 aromatic heterocycles. The lowest BCUT2D eigenvalue weighted by Crippen LogP contribution is -2.28. The van der Waals surface area contributed by atoms with E-state index in [1.54, 1.807) is 43.5 Å². The number of carbonyl (C=O) groups is 1. The van der Waals surface area contributed by atoms with Crippen molar-refractivity contribution in [3.63, 3.8) is 0 Å². The molecule has 0 bridgehead atoms. The Morgan fingerprint density at radius 2 is 2.00 bits per heavy atom. The summed E-state index contributed by atoms with van der Waals surface area (Å²) in [4.78, 5) is 12.2. The number of nitrogens with one attached hydrogen (secondary N) is 1. The smallest absolute Gasteiger partial charge is 0.492 e. The molecule has 1 aliphatic heterocycles. The van der Waals surface area contributed by atoms with Crippen molar-refractivity contribution >= 4 is 24.2 Å². The van der Waals surface area contributed by atoms with Gasteiger partial charge in [0.05, 0.1) is 13.2 Å². The van der Waals surface area contributed by atoms with E-state index in [4.69, 9.17) is 9.39 Å². The van der Waals surface area contributed by atoms with Crippen molar-refractivity contribution in [1.29, 1.82) is 0 Å². The lowest BCUT2D eigenvalue weighted by molar-refractivity contribution is 0.102. The molecule has 0 fully saturated rings. The largest absolute Gasteiger partial charge is 0.497 e. The Labute approximate surface area is 129 Å². The molecule has 1 aliphatic rings. The van der Waals surface area contributed by atoms with E-state index in [9.17, 15) is 9.82 Å². The van der Waals surface area contributed by atoms with Crippen molar-refractivity contribution in [3.05, 3.63) is 53.6 Å². The molecule has 3 rings (SSSR count). The minimum Gasteiger partial charge on any atom is -0.497 e. The first-order valence-electron chi connectivity index (χ1n) is 7.01. The summed E-state index contributed by atoms with van der Waals surface area (Å²) in [5.74, 6) is 0.479. The molecule has 5 nitrogen and oxygen atoms in total. The highest BCUT2D eigenvalue weighted by molar-refractivity contribution is 6.61. The number of carbonyl (C=O) groups excluding carboxylic acids is 1. The first-order valence-corrected chi connectivity index (χ1v) is 7.01. The van der Waals surface area contributed by atoms with Crippen molar-refractivity contribution in [2.75, 3.05) is 12.4 Å². The van der Waals surface area contributed by atoms with E-state index in [0.717, 1.165) is 5.56 Å². The monoisotopic (exact) mass is 297 g/mol. The molecule has 0 saturated carbocycles. The summed E-state index contributed by atoms with van der Waals surface area (Å²) in [6.45, 7) is 1.88. The van der Waals surface area contributed by atoms with Gasteiger partial charge in [-0.25, -0.2) is 0 Å². The molecule has 0 radical (unpaired) electrons. The molecule has 6 heteroatoms. The second kappa shape index (κ2) is 5.83. The average molecular weight is 297 g/mol. The Morgan fingerprint density at radius 1 is 1.27 bits per heavy atom. The summed E-state index contributed by atoms with van der Waals surface area (Å²) >= 11 is 0. The Morgan fingerprint density at radius 3 is 2.68 bits per heavy atom. The van der Waals surface area contributed by atoms with Crippen LogP contribution < -0.4 is 15.5 Å². The van der Waals surface area contributed by atoms with Gasteiger partial charge >= 0.3 is 7.12 Å². The first kappa shape index (κ1) is 14.6. The number of anilines is 1. The number of fused-ring (bicyclic) bond motifs is 1. The first-order chi connectivity index (χ1) is 10.6. The van der Waals surface area contributed by atoms with Gasteiger partial charge in [0.1, 0.15) is 5.75 Å². The van der Waals surface area contributed by atoms with Crippen molar-refractivity contribution in [2.45, 2.75) is 13.0 Å². The van der Waals surface area contributed by atoms with Crippen molar-refractivity contribution in [3.8, 4) is 5.75 Å². The van der Waals surface area contributed by atoms with E-state index in [1.807, 2.05) is 13.0 Å². The van der Waals surface area contributed by atoms with Crippen LogP contribution in [0, 0.1) is 0 Å². The van der Waals surface area contributed by atoms with Gasteiger partial charge in [-0.1, -0.05) is 6.07 Å². The van der Waals surface area contributed by atoms with Crippen LogP contribution in [0.3, 0.4) is 0 Å². The maximum absolute atomic E-state index is 12.2. The summed E-state index contributed by atoms with van der Waals surface area (Å²) in [6, 6.07) is 12.3. The van der Waals surface area contributed by atoms with Gasteiger partial charge in [-0.05, 0) is 54.3 Å². The van der Waals surface area contributed by atoms with E-state index in [-0.39, 0.29) is 12.0 Å². The van der Waals surface area contributed by atoms with Gasteiger partial charge < -0.3 is 19.7 Å². The van der Waals surface area contributed by atoms with Gasteiger partial charge in [-0.3, -0.25) is 4.79 Å². The zero-order chi connectivity index (χ0) is 15.7. The number of methoxy groups -OCH3 is 1. The molecule has 0 aliphatic carbocycles. The van der Waals surface area contributed by atoms with Crippen molar-refractivity contribution in [2.24, 2.45) is 0 Å². The van der Waals surface area contributed by atoms with Gasteiger partial charge in [-0.2, -0.15) is 0 Å². The lowest BCUT2D eigenvalue weighted by atomic mass is 9.79. The molecule has 1 amide bonds. The number of rotatable bonds is 3. The molecule has 22 heavy (non-hydrogen) atoms. The summed E-state index contributed by atoms with van der Waals surface area (Å²) < 4.78 is 10.4. The minimum atomic E-state index is -0.942. The minimum absolute atomic E-state index is 0.142. The van der Waals surface area contributed by atoms with Crippen LogP contribution in [0.25, 0.3) is 0 Å². The lowest BCUT2D eigenvalue weighted by Gasteiger charge is -2.08. The molecule has 0 spiro atoms. The summed E-state index contributed by atoms with van der Waals surface area (Å²) in [5.41, 5.74) is 2.79. The molecular formula is C16H16BNO4. The maximum atomic E-state index is 12.2. The van der Waals surface area contributed by atoms with E-state index < -0.39 is 7.12 Å². The van der Waals surface area contributed by atoms with Crippen LogP contribution in [0.5, 0.6) is 5.75 Å². The molecular weight excluding hydrogens is 281 g/mol. The standard InChI is InChI=1S/C16H16BNO4/c1-10-14-8-5-12(9-15(14)17(20)22-10)18-16(19)11-3-6-13(21-2)7-4-11/h3-10,20H,1-2H3,(H,18,19). The highest BCUT2D eigenvalue weighted by Crippen LogP contribution is 2.24. The third-order valence-electron chi connectivity index (χ3n) is 3.73. The molecule has 2 N–H and O–H groups in total.